The molecular weight excluding hydrogens is 444 g/mol. The highest BCUT2D eigenvalue weighted by Gasteiger charge is 2.76. The lowest BCUT2D eigenvalue weighted by molar-refractivity contribution is -0.201. The summed E-state index contributed by atoms with van der Waals surface area (Å²) in [7, 11) is 0. The normalized spacial score (nSPS) is 41.3. The van der Waals surface area contributed by atoms with Crippen LogP contribution in [0.2, 0.25) is 0 Å². The zero-order valence-electron chi connectivity index (χ0n) is 20.6. The molecule has 6 nitrogen and oxygen atoms in total. The number of aliphatic hydroxyl groups excluding tert-OH is 2. The lowest BCUT2D eigenvalue weighted by Gasteiger charge is -2.48. The molecule has 6 heteroatoms. The molecule has 0 amide bonds. The second kappa shape index (κ2) is 7.99. The number of allylic oxidation sites excluding steroid dienone is 1. The third-order valence-corrected chi connectivity index (χ3v) is 9.34. The molecule has 2 fully saturated rings. The van der Waals surface area contributed by atoms with E-state index in [2.05, 4.69) is 13.8 Å². The molecule has 4 aliphatic rings. The first-order chi connectivity index (χ1) is 16.5. The van der Waals surface area contributed by atoms with Gasteiger partial charge in [-0.2, -0.15) is 0 Å². The topological polar surface area (TPSA) is 104 Å². The Bertz CT molecular complexity index is 1150. The fraction of sp³-hybridized carbons (Fsp3) is 0.517. The maximum Gasteiger partial charge on any atom is 0.331 e. The summed E-state index contributed by atoms with van der Waals surface area (Å²) >= 11 is 0. The van der Waals surface area contributed by atoms with Crippen LogP contribution >= 0.6 is 0 Å². The van der Waals surface area contributed by atoms with Gasteiger partial charge in [-0.15, -0.1) is 0 Å². The molecule has 35 heavy (non-hydrogen) atoms. The number of carbonyl (C=O) groups is 2. The quantitative estimate of drug-likeness (QED) is 0.349. The molecule has 1 aromatic carbocycles. The van der Waals surface area contributed by atoms with E-state index in [1.54, 1.807) is 25.2 Å². The number of aliphatic hydroxyl groups is 3. The monoisotopic (exact) mass is 478 g/mol. The fourth-order valence-electron chi connectivity index (χ4n) is 7.48. The highest BCUT2D eigenvalue weighted by Crippen LogP contribution is 2.71. The van der Waals surface area contributed by atoms with Gasteiger partial charge in [0.05, 0.1) is 12.0 Å². The SMILES string of the molecule is CC1=C[C@]23C(=O)[C@@H](C=C(CO)[C@@H](O)[C@]2(O)[C@H]1OC(=O)C=Cc1ccccc1)[C@H]1[C@@H](C[C@H]3C)C1(C)C. The minimum atomic E-state index is -2.12. The molecule has 0 saturated heterocycles. The first kappa shape index (κ1) is 24.2. The van der Waals surface area contributed by atoms with Crippen LogP contribution in [0.1, 0.15) is 39.7 Å². The minimum absolute atomic E-state index is 0.0356. The van der Waals surface area contributed by atoms with Crippen molar-refractivity contribution in [3.05, 3.63) is 65.3 Å². The van der Waals surface area contributed by atoms with Crippen molar-refractivity contribution in [1.82, 2.24) is 0 Å². The van der Waals surface area contributed by atoms with Crippen LogP contribution in [0.5, 0.6) is 0 Å². The van der Waals surface area contributed by atoms with Crippen LogP contribution in [0, 0.1) is 34.5 Å². The van der Waals surface area contributed by atoms with Gasteiger partial charge >= 0.3 is 5.97 Å². The van der Waals surface area contributed by atoms with E-state index in [1.165, 1.54) is 6.08 Å². The molecular formula is C29H34O6. The maximum absolute atomic E-state index is 14.3. The number of Topliss-reactive ketones (excluding diaryl/α,β-unsaturated/α-hetero) is 1. The molecule has 0 aromatic heterocycles. The number of fused-ring (bicyclic) bond motifs is 3. The summed E-state index contributed by atoms with van der Waals surface area (Å²) < 4.78 is 5.77. The predicted octanol–water partition coefficient (Wildman–Crippen LogP) is 3.08. The predicted molar refractivity (Wildman–Crippen MR) is 131 cm³/mol. The van der Waals surface area contributed by atoms with Gasteiger partial charge in [-0.1, -0.05) is 63.3 Å². The van der Waals surface area contributed by atoms with Gasteiger partial charge in [0.25, 0.3) is 0 Å². The Labute approximate surface area is 206 Å². The Morgan fingerprint density at radius 2 is 1.91 bits per heavy atom. The summed E-state index contributed by atoms with van der Waals surface area (Å²) in [6.45, 7) is 7.47. The number of benzene rings is 1. The first-order valence-electron chi connectivity index (χ1n) is 12.4. The Kier molecular flexibility index (Phi) is 5.51. The highest BCUT2D eigenvalue weighted by molar-refractivity contribution is 5.95. The van der Waals surface area contributed by atoms with Crippen molar-refractivity contribution in [2.75, 3.05) is 6.61 Å². The molecule has 1 spiro atoms. The van der Waals surface area contributed by atoms with Crippen molar-refractivity contribution in [3.63, 3.8) is 0 Å². The van der Waals surface area contributed by atoms with E-state index in [1.807, 2.05) is 37.3 Å². The van der Waals surface area contributed by atoms with E-state index in [-0.39, 0.29) is 28.6 Å². The summed E-state index contributed by atoms with van der Waals surface area (Å²) in [5.41, 5.74) is -2.03. The molecule has 4 aliphatic carbocycles. The summed E-state index contributed by atoms with van der Waals surface area (Å²) in [5, 5.41) is 34.0. The van der Waals surface area contributed by atoms with Gasteiger partial charge in [0.15, 0.2) is 17.5 Å². The van der Waals surface area contributed by atoms with Gasteiger partial charge in [0, 0.05) is 12.0 Å². The van der Waals surface area contributed by atoms with Crippen LogP contribution in [0.15, 0.2) is 59.7 Å². The lowest BCUT2D eigenvalue weighted by Crippen LogP contribution is -2.65. The van der Waals surface area contributed by atoms with Gasteiger partial charge < -0.3 is 20.1 Å². The van der Waals surface area contributed by atoms with Gasteiger partial charge in [-0.3, -0.25) is 4.79 Å². The third kappa shape index (κ3) is 3.19. The molecule has 0 unspecified atom stereocenters. The van der Waals surface area contributed by atoms with Gasteiger partial charge in [-0.05, 0) is 59.3 Å². The van der Waals surface area contributed by atoms with Crippen molar-refractivity contribution in [3.8, 4) is 0 Å². The second-order valence-electron chi connectivity index (χ2n) is 11.4. The van der Waals surface area contributed by atoms with Crippen LogP contribution < -0.4 is 0 Å². The summed E-state index contributed by atoms with van der Waals surface area (Å²) in [5.74, 6) is -1.29. The number of ether oxygens (including phenoxy) is 1. The Morgan fingerprint density at radius 1 is 1.23 bits per heavy atom. The van der Waals surface area contributed by atoms with Gasteiger partial charge in [0.2, 0.25) is 0 Å². The number of carbonyl (C=O) groups excluding carboxylic acids is 2. The first-order valence-corrected chi connectivity index (χ1v) is 12.4. The summed E-state index contributed by atoms with van der Waals surface area (Å²) in [4.78, 5) is 27.1. The zero-order valence-corrected chi connectivity index (χ0v) is 20.6. The number of esters is 1. The van der Waals surface area contributed by atoms with Crippen molar-refractivity contribution in [2.24, 2.45) is 34.5 Å². The van der Waals surface area contributed by atoms with Crippen molar-refractivity contribution in [1.29, 1.82) is 0 Å². The van der Waals surface area contributed by atoms with Crippen LogP contribution in [-0.2, 0) is 14.3 Å². The number of rotatable bonds is 4. The molecule has 8 atom stereocenters. The molecule has 2 bridgehead atoms. The van der Waals surface area contributed by atoms with E-state index in [0.29, 0.717) is 11.5 Å². The minimum Gasteiger partial charge on any atom is -0.451 e. The van der Waals surface area contributed by atoms with Crippen LogP contribution in [0.25, 0.3) is 6.08 Å². The van der Waals surface area contributed by atoms with Crippen LogP contribution in [-0.4, -0.2) is 51.5 Å². The van der Waals surface area contributed by atoms with Crippen LogP contribution in [0.4, 0.5) is 0 Å². The van der Waals surface area contributed by atoms with Crippen molar-refractivity contribution in [2.45, 2.75) is 51.9 Å². The Balaban J connectivity index is 1.56. The average molecular weight is 479 g/mol. The van der Waals surface area contributed by atoms with Crippen LogP contribution in [0.3, 0.4) is 0 Å². The summed E-state index contributed by atoms with van der Waals surface area (Å²) in [6.07, 6.45) is 4.23. The highest BCUT2D eigenvalue weighted by atomic mass is 16.6. The van der Waals surface area contributed by atoms with Crippen molar-refractivity contribution < 1.29 is 29.6 Å². The lowest BCUT2D eigenvalue weighted by atomic mass is 9.59. The molecule has 3 N–H and O–H groups in total. The average Bonchev–Trinajstić information content (AvgIpc) is 3.32. The molecule has 186 valence electrons. The van der Waals surface area contributed by atoms with E-state index in [0.717, 1.165) is 12.0 Å². The molecule has 2 saturated carbocycles. The standard InChI is InChI=1S/C29H34O6/c1-16-14-28-17(2)12-21-23(27(21,3)4)20(25(28)33)13-19(15-30)24(32)29(28,34)26(16)35-22(31)11-10-18-8-6-5-7-9-18/h5-11,13-14,17,20-21,23-24,26,30,32,34H,12,15H2,1-4H3/t17-,20+,21-,23+,24-,26+,28+,29+/m1/s1. The second-order valence-corrected chi connectivity index (χ2v) is 11.4. The molecule has 0 radical (unpaired) electrons. The van der Waals surface area contributed by atoms with Gasteiger partial charge in [0.1, 0.15) is 6.10 Å². The summed E-state index contributed by atoms with van der Waals surface area (Å²) in [6, 6.07) is 9.28. The molecule has 0 heterocycles. The Hall–Kier alpha value is -2.54. The number of ketones is 1. The largest absolute Gasteiger partial charge is 0.451 e. The van der Waals surface area contributed by atoms with E-state index in [4.69, 9.17) is 4.74 Å². The smallest absolute Gasteiger partial charge is 0.331 e. The Morgan fingerprint density at radius 3 is 2.57 bits per heavy atom. The number of hydrogen-bond donors (Lipinski definition) is 3. The van der Waals surface area contributed by atoms with Gasteiger partial charge in [-0.25, -0.2) is 4.79 Å². The van der Waals surface area contributed by atoms with E-state index in [9.17, 15) is 24.9 Å². The molecule has 1 aromatic rings. The van der Waals surface area contributed by atoms with E-state index >= 15 is 0 Å². The fourth-order valence-corrected chi connectivity index (χ4v) is 7.48. The molecule has 5 rings (SSSR count). The molecule has 0 aliphatic heterocycles. The zero-order chi connectivity index (χ0) is 25.3. The number of hydrogen-bond acceptors (Lipinski definition) is 6. The van der Waals surface area contributed by atoms with E-state index < -0.39 is 41.7 Å². The maximum atomic E-state index is 14.3. The third-order valence-electron chi connectivity index (χ3n) is 9.34. The van der Waals surface area contributed by atoms with Crippen molar-refractivity contribution >= 4 is 17.8 Å².